The molecule has 1 aromatic carbocycles. The number of non-ortho nitro benzene ring substituents is 1. The Morgan fingerprint density at radius 1 is 1.59 bits per heavy atom. The summed E-state index contributed by atoms with van der Waals surface area (Å²) in [5, 5.41) is 11.2. The van der Waals surface area contributed by atoms with Crippen LogP contribution in [0.15, 0.2) is 18.2 Å². The average molecular weight is 302 g/mol. The zero-order valence-corrected chi connectivity index (χ0v) is 10.7. The first-order chi connectivity index (χ1) is 8.20. The zero-order valence-electron chi connectivity index (χ0n) is 9.10. The first kappa shape index (κ1) is 12.3. The summed E-state index contributed by atoms with van der Waals surface area (Å²) in [6.45, 7) is 1.29. The molecule has 5 nitrogen and oxygen atoms in total. The van der Waals surface area contributed by atoms with Crippen LogP contribution >= 0.6 is 15.9 Å². The molecule has 0 aliphatic carbocycles. The predicted molar refractivity (Wildman–Crippen MR) is 65.6 cm³/mol. The minimum Gasteiger partial charge on any atom is -0.488 e. The van der Waals surface area contributed by atoms with E-state index in [0.29, 0.717) is 24.3 Å². The fraction of sp³-hybridized carbons (Fsp3) is 0.455. The van der Waals surface area contributed by atoms with Gasteiger partial charge in [-0.15, -0.1) is 0 Å². The summed E-state index contributed by atoms with van der Waals surface area (Å²) in [5.41, 5.74) is 0.862. The van der Waals surface area contributed by atoms with Crippen molar-refractivity contribution in [3.63, 3.8) is 0 Å². The van der Waals surface area contributed by atoms with Crippen molar-refractivity contribution in [1.29, 1.82) is 0 Å². The Labute approximate surface area is 107 Å². The van der Waals surface area contributed by atoms with Gasteiger partial charge >= 0.3 is 0 Å². The van der Waals surface area contributed by atoms with Crippen LogP contribution in [0.25, 0.3) is 0 Å². The number of nitrogens with zero attached hydrogens (tertiary/aromatic N) is 1. The minimum absolute atomic E-state index is 0.0502. The van der Waals surface area contributed by atoms with Crippen LogP contribution < -0.4 is 4.74 Å². The molecule has 17 heavy (non-hydrogen) atoms. The topological polar surface area (TPSA) is 61.6 Å². The van der Waals surface area contributed by atoms with Gasteiger partial charge in [0.05, 0.1) is 18.1 Å². The van der Waals surface area contributed by atoms with Crippen LogP contribution in [0, 0.1) is 10.1 Å². The molecule has 2 rings (SSSR count). The first-order valence-corrected chi connectivity index (χ1v) is 6.40. The van der Waals surface area contributed by atoms with Crippen molar-refractivity contribution in [2.24, 2.45) is 0 Å². The van der Waals surface area contributed by atoms with Gasteiger partial charge < -0.3 is 9.47 Å². The molecule has 1 atom stereocenters. The lowest BCUT2D eigenvalue weighted by Gasteiger charge is -2.14. The van der Waals surface area contributed by atoms with E-state index in [4.69, 9.17) is 9.47 Å². The van der Waals surface area contributed by atoms with Gasteiger partial charge in [0, 0.05) is 29.4 Å². The third-order valence-corrected chi connectivity index (χ3v) is 3.18. The van der Waals surface area contributed by atoms with Crippen molar-refractivity contribution < 1.29 is 14.4 Å². The molecule has 1 unspecified atom stereocenters. The summed E-state index contributed by atoms with van der Waals surface area (Å²) < 4.78 is 11.0. The fourth-order valence-corrected chi connectivity index (χ4v) is 2.12. The van der Waals surface area contributed by atoms with E-state index >= 15 is 0 Å². The van der Waals surface area contributed by atoms with Gasteiger partial charge in [0.2, 0.25) is 0 Å². The highest BCUT2D eigenvalue weighted by Crippen LogP contribution is 2.28. The maximum absolute atomic E-state index is 10.7. The third kappa shape index (κ3) is 2.95. The van der Waals surface area contributed by atoms with Gasteiger partial charge in [-0.3, -0.25) is 10.1 Å². The summed E-state index contributed by atoms with van der Waals surface area (Å²) in [6.07, 6.45) is 0.910. The normalized spacial score (nSPS) is 19.2. The van der Waals surface area contributed by atoms with Crippen LogP contribution in [0.2, 0.25) is 0 Å². The van der Waals surface area contributed by atoms with Crippen LogP contribution in [0.3, 0.4) is 0 Å². The molecule has 1 saturated heterocycles. The van der Waals surface area contributed by atoms with Crippen molar-refractivity contribution in [3.05, 3.63) is 33.9 Å². The fourth-order valence-electron chi connectivity index (χ4n) is 1.68. The van der Waals surface area contributed by atoms with E-state index in [-0.39, 0.29) is 11.8 Å². The van der Waals surface area contributed by atoms with E-state index in [2.05, 4.69) is 15.9 Å². The van der Waals surface area contributed by atoms with Gasteiger partial charge in [-0.2, -0.15) is 0 Å². The standard InChI is InChI=1S/C11H12BrNO4/c12-6-8-5-9(13(14)15)1-2-11(8)17-10-3-4-16-7-10/h1-2,5,10H,3-4,6-7H2. The van der Waals surface area contributed by atoms with Crippen LogP contribution in [-0.2, 0) is 10.1 Å². The Bertz CT molecular complexity index is 418. The number of hydrogen-bond acceptors (Lipinski definition) is 4. The predicted octanol–water partition coefficient (Wildman–Crippen LogP) is 2.66. The van der Waals surface area contributed by atoms with Crippen LogP contribution in [0.5, 0.6) is 5.75 Å². The molecule has 0 saturated carbocycles. The quantitative estimate of drug-likeness (QED) is 0.487. The second-order valence-electron chi connectivity index (χ2n) is 3.79. The highest BCUT2D eigenvalue weighted by molar-refractivity contribution is 9.08. The van der Waals surface area contributed by atoms with Crippen LogP contribution in [0.4, 0.5) is 5.69 Å². The minimum atomic E-state index is -0.408. The Hall–Kier alpha value is -1.14. The van der Waals surface area contributed by atoms with Crippen molar-refractivity contribution in [2.75, 3.05) is 13.2 Å². The van der Waals surface area contributed by atoms with Crippen LogP contribution in [-0.4, -0.2) is 24.2 Å². The molecule has 1 aliphatic rings. The lowest BCUT2D eigenvalue weighted by molar-refractivity contribution is -0.384. The van der Waals surface area contributed by atoms with Gasteiger partial charge in [0.15, 0.2) is 0 Å². The van der Waals surface area contributed by atoms with Crippen LogP contribution in [0.1, 0.15) is 12.0 Å². The number of ether oxygens (including phenoxy) is 2. The smallest absolute Gasteiger partial charge is 0.270 e. The maximum atomic E-state index is 10.7. The molecule has 0 amide bonds. The molecule has 0 radical (unpaired) electrons. The summed E-state index contributed by atoms with van der Waals surface area (Å²) in [6, 6.07) is 4.63. The number of benzene rings is 1. The molecule has 6 heteroatoms. The second-order valence-corrected chi connectivity index (χ2v) is 4.35. The van der Waals surface area contributed by atoms with Gasteiger partial charge in [-0.05, 0) is 6.07 Å². The number of rotatable bonds is 4. The molecule has 1 heterocycles. The summed E-state index contributed by atoms with van der Waals surface area (Å²) in [5.74, 6) is 0.683. The van der Waals surface area contributed by atoms with E-state index in [1.54, 1.807) is 6.07 Å². The highest BCUT2D eigenvalue weighted by atomic mass is 79.9. The van der Waals surface area contributed by atoms with Crippen molar-refractivity contribution in [2.45, 2.75) is 17.9 Å². The van der Waals surface area contributed by atoms with Gasteiger partial charge in [-0.1, -0.05) is 15.9 Å². The number of halogens is 1. The monoisotopic (exact) mass is 301 g/mol. The maximum Gasteiger partial charge on any atom is 0.270 e. The van der Waals surface area contributed by atoms with E-state index in [9.17, 15) is 10.1 Å². The average Bonchev–Trinajstić information content (AvgIpc) is 2.82. The molecular formula is C11H12BrNO4. The lowest BCUT2D eigenvalue weighted by atomic mass is 10.2. The van der Waals surface area contributed by atoms with E-state index in [1.807, 2.05) is 0 Å². The van der Waals surface area contributed by atoms with E-state index < -0.39 is 4.92 Å². The summed E-state index contributed by atoms with van der Waals surface area (Å²) in [7, 11) is 0. The SMILES string of the molecule is O=[N+]([O-])c1ccc(OC2CCOC2)c(CBr)c1. The molecule has 1 aliphatic heterocycles. The Morgan fingerprint density at radius 2 is 2.41 bits per heavy atom. The van der Waals surface area contributed by atoms with Crippen molar-refractivity contribution in [1.82, 2.24) is 0 Å². The third-order valence-electron chi connectivity index (χ3n) is 2.58. The number of alkyl halides is 1. The van der Waals surface area contributed by atoms with E-state index in [1.165, 1.54) is 12.1 Å². The molecule has 0 N–H and O–H groups in total. The zero-order chi connectivity index (χ0) is 12.3. The van der Waals surface area contributed by atoms with E-state index in [0.717, 1.165) is 12.0 Å². The Morgan fingerprint density at radius 3 is 3.00 bits per heavy atom. The lowest BCUT2D eigenvalue weighted by Crippen LogP contribution is -2.16. The summed E-state index contributed by atoms with van der Waals surface area (Å²) >= 11 is 3.31. The second kappa shape index (κ2) is 5.46. The van der Waals surface area contributed by atoms with Crippen molar-refractivity contribution in [3.8, 4) is 5.75 Å². The molecule has 0 aromatic heterocycles. The molecule has 0 bridgehead atoms. The largest absolute Gasteiger partial charge is 0.488 e. The number of nitro benzene ring substituents is 1. The number of nitro groups is 1. The van der Waals surface area contributed by atoms with Gasteiger partial charge in [-0.25, -0.2) is 0 Å². The van der Waals surface area contributed by atoms with Gasteiger partial charge in [0.1, 0.15) is 11.9 Å². The van der Waals surface area contributed by atoms with Gasteiger partial charge in [0.25, 0.3) is 5.69 Å². The Balaban J connectivity index is 2.18. The first-order valence-electron chi connectivity index (χ1n) is 5.28. The van der Waals surface area contributed by atoms with Crippen molar-refractivity contribution >= 4 is 21.6 Å². The molecular weight excluding hydrogens is 290 g/mol. The molecule has 0 spiro atoms. The molecule has 1 fully saturated rings. The molecule has 92 valence electrons. The molecule has 1 aromatic rings. The Kier molecular flexibility index (Phi) is 3.96. The summed E-state index contributed by atoms with van der Waals surface area (Å²) in [4.78, 5) is 10.2. The number of hydrogen-bond donors (Lipinski definition) is 0. The highest BCUT2D eigenvalue weighted by Gasteiger charge is 2.19.